The lowest BCUT2D eigenvalue weighted by atomic mass is 10.1. The normalized spacial score (nSPS) is 12.3. The van der Waals surface area contributed by atoms with Gasteiger partial charge in [-0.15, -0.1) is 11.3 Å². The molecule has 0 spiro atoms. The van der Waals surface area contributed by atoms with E-state index in [4.69, 9.17) is 4.74 Å². The van der Waals surface area contributed by atoms with Crippen molar-refractivity contribution in [2.45, 2.75) is 26.5 Å². The van der Waals surface area contributed by atoms with Crippen LogP contribution in [0.3, 0.4) is 0 Å². The van der Waals surface area contributed by atoms with Gasteiger partial charge in [0.05, 0.1) is 10.2 Å². The Balaban J connectivity index is 1.68. The van der Waals surface area contributed by atoms with E-state index in [0.717, 1.165) is 15.8 Å². The Labute approximate surface area is 160 Å². The fraction of sp³-hybridized carbons (Fsp3) is 0.300. The predicted octanol–water partition coefficient (Wildman–Crippen LogP) is 3.88. The highest BCUT2D eigenvalue weighted by molar-refractivity contribution is 7.17. The number of thiophene rings is 1. The summed E-state index contributed by atoms with van der Waals surface area (Å²) in [5.41, 5.74) is 2.13. The second kappa shape index (κ2) is 7.92. The van der Waals surface area contributed by atoms with E-state index in [2.05, 4.69) is 5.32 Å². The highest BCUT2D eigenvalue weighted by Crippen LogP contribution is 2.25. The van der Waals surface area contributed by atoms with Gasteiger partial charge in [0.15, 0.2) is 6.10 Å². The number of benzene rings is 1. The van der Waals surface area contributed by atoms with Crippen LogP contribution in [-0.2, 0) is 23.1 Å². The largest absolute Gasteiger partial charge is 0.447 e. The zero-order valence-corrected chi connectivity index (χ0v) is 16.2. The van der Waals surface area contributed by atoms with Crippen LogP contribution in [0.2, 0.25) is 0 Å². The number of nitrogens with zero attached hydrogens (tertiary/aromatic N) is 1. The number of hydrogen-bond donors (Lipinski definition) is 1. The molecule has 1 amide bonds. The molecule has 2 aromatic heterocycles. The average molecular weight is 388 g/mol. The number of amides is 1. The van der Waals surface area contributed by atoms with Gasteiger partial charge < -0.3 is 14.6 Å². The Kier molecular flexibility index (Phi) is 5.60. The van der Waals surface area contributed by atoms with Crippen LogP contribution in [0.1, 0.15) is 29.9 Å². The van der Waals surface area contributed by atoms with Crippen LogP contribution in [0.4, 0.5) is 4.39 Å². The van der Waals surface area contributed by atoms with Gasteiger partial charge in [0, 0.05) is 13.6 Å². The summed E-state index contributed by atoms with van der Waals surface area (Å²) in [6, 6.07) is 9.58. The van der Waals surface area contributed by atoms with Crippen molar-refractivity contribution in [2.75, 3.05) is 0 Å². The average Bonchev–Trinajstić information content (AvgIpc) is 3.21. The second-order valence-electron chi connectivity index (χ2n) is 6.67. The third kappa shape index (κ3) is 4.19. The molecule has 142 valence electrons. The molecule has 0 fully saturated rings. The van der Waals surface area contributed by atoms with Crippen molar-refractivity contribution in [1.82, 2.24) is 9.88 Å². The number of halogens is 1. The zero-order valence-electron chi connectivity index (χ0n) is 15.4. The molecule has 0 saturated carbocycles. The molecule has 7 heteroatoms. The Bertz CT molecular complexity index is 959. The van der Waals surface area contributed by atoms with E-state index in [9.17, 15) is 14.0 Å². The topological polar surface area (TPSA) is 60.3 Å². The maximum absolute atomic E-state index is 13.0. The number of carbonyl (C=O) groups excluding carboxylic acids is 2. The standard InChI is InChI=1S/C20H21FN2O3S/c1-12(2)18(19(24)22-11-13-4-6-14(21)7-5-13)26-20(25)16-10-17-15(23(16)3)8-9-27-17/h4-10,12,18H,11H2,1-3H3,(H,22,24)/t18-/m0/s1. The molecule has 0 unspecified atom stereocenters. The summed E-state index contributed by atoms with van der Waals surface area (Å²) in [6.07, 6.45) is -0.911. The Hall–Kier alpha value is -2.67. The van der Waals surface area contributed by atoms with E-state index in [-0.39, 0.29) is 24.2 Å². The highest BCUT2D eigenvalue weighted by atomic mass is 32.1. The summed E-state index contributed by atoms with van der Waals surface area (Å²) in [5, 5.41) is 4.71. The van der Waals surface area contributed by atoms with Crippen molar-refractivity contribution >= 4 is 33.4 Å². The zero-order chi connectivity index (χ0) is 19.6. The number of aryl methyl sites for hydroxylation is 1. The summed E-state index contributed by atoms with van der Waals surface area (Å²) in [4.78, 5) is 25.1. The molecule has 0 aliphatic carbocycles. The fourth-order valence-corrected chi connectivity index (χ4v) is 3.65. The molecule has 27 heavy (non-hydrogen) atoms. The van der Waals surface area contributed by atoms with Crippen LogP contribution in [-0.4, -0.2) is 22.5 Å². The summed E-state index contributed by atoms with van der Waals surface area (Å²) >= 11 is 1.54. The number of hydrogen-bond acceptors (Lipinski definition) is 4. The number of fused-ring (bicyclic) bond motifs is 1. The van der Waals surface area contributed by atoms with Crippen molar-refractivity contribution in [1.29, 1.82) is 0 Å². The van der Waals surface area contributed by atoms with Gasteiger partial charge in [0.1, 0.15) is 11.5 Å². The van der Waals surface area contributed by atoms with Crippen LogP contribution in [0, 0.1) is 11.7 Å². The molecule has 0 saturated heterocycles. The maximum atomic E-state index is 13.0. The molecular formula is C20H21FN2O3S. The van der Waals surface area contributed by atoms with Crippen LogP contribution >= 0.6 is 11.3 Å². The van der Waals surface area contributed by atoms with Gasteiger partial charge in [-0.2, -0.15) is 0 Å². The monoisotopic (exact) mass is 388 g/mol. The first-order chi connectivity index (χ1) is 12.9. The number of carbonyl (C=O) groups is 2. The maximum Gasteiger partial charge on any atom is 0.355 e. The summed E-state index contributed by atoms with van der Waals surface area (Å²) in [7, 11) is 1.80. The summed E-state index contributed by atoms with van der Waals surface area (Å²) < 4.78 is 21.2. The number of ether oxygens (including phenoxy) is 1. The lowest BCUT2D eigenvalue weighted by Gasteiger charge is -2.21. The second-order valence-corrected chi connectivity index (χ2v) is 7.62. The molecule has 5 nitrogen and oxygen atoms in total. The number of aromatic nitrogens is 1. The van der Waals surface area contributed by atoms with Crippen molar-refractivity contribution in [3.05, 3.63) is 58.9 Å². The fourth-order valence-electron chi connectivity index (χ4n) is 2.81. The smallest absolute Gasteiger partial charge is 0.355 e. The molecule has 0 aliphatic heterocycles. The van der Waals surface area contributed by atoms with Crippen molar-refractivity contribution in [2.24, 2.45) is 13.0 Å². The number of esters is 1. The molecular weight excluding hydrogens is 367 g/mol. The Morgan fingerprint density at radius 1 is 1.22 bits per heavy atom. The van der Waals surface area contributed by atoms with Gasteiger partial charge in [0.2, 0.25) is 0 Å². The lowest BCUT2D eigenvalue weighted by molar-refractivity contribution is -0.132. The Morgan fingerprint density at radius 3 is 2.56 bits per heavy atom. The van der Waals surface area contributed by atoms with E-state index in [0.29, 0.717) is 5.69 Å². The number of rotatable bonds is 6. The van der Waals surface area contributed by atoms with Crippen LogP contribution in [0.5, 0.6) is 0 Å². The Morgan fingerprint density at radius 2 is 1.93 bits per heavy atom. The van der Waals surface area contributed by atoms with E-state index >= 15 is 0 Å². The lowest BCUT2D eigenvalue weighted by Crippen LogP contribution is -2.40. The van der Waals surface area contributed by atoms with E-state index in [1.165, 1.54) is 12.1 Å². The first kappa shape index (κ1) is 19.1. The molecule has 1 N–H and O–H groups in total. The van der Waals surface area contributed by atoms with Gasteiger partial charge in [-0.3, -0.25) is 4.79 Å². The third-order valence-corrected chi connectivity index (χ3v) is 5.20. The minimum Gasteiger partial charge on any atom is -0.447 e. The van der Waals surface area contributed by atoms with Gasteiger partial charge in [-0.05, 0) is 41.1 Å². The minimum atomic E-state index is -0.911. The van der Waals surface area contributed by atoms with Crippen molar-refractivity contribution in [3.8, 4) is 0 Å². The summed E-state index contributed by atoms with van der Waals surface area (Å²) in [5.74, 6) is -1.43. The molecule has 1 aromatic carbocycles. The van der Waals surface area contributed by atoms with Crippen molar-refractivity contribution < 1.29 is 18.7 Å². The van der Waals surface area contributed by atoms with E-state index < -0.39 is 12.1 Å². The minimum absolute atomic E-state index is 0.191. The van der Waals surface area contributed by atoms with E-state index in [1.54, 1.807) is 41.2 Å². The molecule has 3 aromatic rings. The first-order valence-corrected chi connectivity index (χ1v) is 9.51. The van der Waals surface area contributed by atoms with Crippen molar-refractivity contribution in [3.63, 3.8) is 0 Å². The van der Waals surface area contributed by atoms with E-state index in [1.807, 2.05) is 25.3 Å². The van der Waals surface area contributed by atoms with Gasteiger partial charge in [-0.25, -0.2) is 9.18 Å². The van der Waals surface area contributed by atoms with Crippen LogP contribution in [0.25, 0.3) is 10.2 Å². The highest BCUT2D eigenvalue weighted by Gasteiger charge is 2.28. The molecule has 0 bridgehead atoms. The molecule has 3 rings (SSSR count). The van der Waals surface area contributed by atoms with Crippen LogP contribution in [0.15, 0.2) is 41.8 Å². The molecule has 1 atom stereocenters. The van der Waals surface area contributed by atoms with Gasteiger partial charge in [-0.1, -0.05) is 26.0 Å². The molecule has 0 aliphatic rings. The van der Waals surface area contributed by atoms with Crippen LogP contribution < -0.4 is 5.32 Å². The predicted molar refractivity (Wildman–Crippen MR) is 103 cm³/mol. The molecule has 0 radical (unpaired) electrons. The first-order valence-electron chi connectivity index (χ1n) is 8.63. The quantitative estimate of drug-likeness (QED) is 0.652. The van der Waals surface area contributed by atoms with Gasteiger partial charge >= 0.3 is 5.97 Å². The van der Waals surface area contributed by atoms with Gasteiger partial charge in [0.25, 0.3) is 5.91 Å². The third-order valence-electron chi connectivity index (χ3n) is 4.35. The SMILES string of the molecule is CC(C)[C@H](OC(=O)c1cc2sccc2n1C)C(=O)NCc1ccc(F)cc1. The number of nitrogens with one attached hydrogen (secondary N) is 1. The molecule has 2 heterocycles. The summed E-state index contributed by atoms with van der Waals surface area (Å²) in [6.45, 7) is 3.87.